The number of nitrogens with zero attached hydrogens (tertiary/aromatic N) is 2. The molecule has 2 N–H and O–H groups in total. The van der Waals surface area contributed by atoms with Gasteiger partial charge in [-0.05, 0) is 49.1 Å². The Morgan fingerprint density at radius 2 is 1.83 bits per heavy atom. The van der Waals surface area contributed by atoms with Crippen LogP contribution in [0, 0.1) is 0 Å². The van der Waals surface area contributed by atoms with Crippen LogP contribution in [0.25, 0.3) is 10.9 Å². The molecule has 1 aliphatic heterocycles. The van der Waals surface area contributed by atoms with Gasteiger partial charge < -0.3 is 14.9 Å². The number of aliphatic hydroxyl groups excluding tert-OH is 1. The van der Waals surface area contributed by atoms with Crippen LogP contribution in [0.1, 0.15) is 37.3 Å². The molecule has 1 aliphatic rings. The number of aromatic nitrogens is 1. The molecule has 0 spiro atoms. The molecule has 1 atom stereocenters. The lowest BCUT2D eigenvalue weighted by Crippen LogP contribution is -2.47. The average molecular weight is 407 g/mol. The van der Waals surface area contributed by atoms with Gasteiger partial charge in [0.05, 0.1) is 17.7 Å². The van der Waals surface area contributed by atoms with E-state index in [1.165, 1.54) is 5.56 Å². The zero-order valence-corrected chi connectivity index (χ0v) is 17.5. The summed E-state index contributed by atoms with van der Waals surface area (Å²) < 4.78 is 5.77. The minimum Gasteiger partial charge on any atom is -0.493 e. The molecule has 5 nitrogen and oxygen atoms in total. The van der Waals surface area contributed by atoms with E-state index in [1.807, 2.05) is 47.4 Å². The normalized spacial score (nSPS) is 17.7. The third-order valence-corrected chi connectivity index (χ3v) is 6.15. The third kappa shape index (κ3) is 4.64. The van der Waals surface area contributed by atoms with Gasteiger partial charge in [0.25, 0.3) is 0 Å². The molecule has 0 unspecified atom stereocenters. The minimum atomic E-state index is -0.898. The van der Waals surface area contributed by atoms with Crippen LogP contribution in [0.3, 0.4) is 0 Å². The molecule has 0 aliphatic carbocycles. The first-order valence-electron chi connectivity index (χ1n) is 10.8. The van der Waals surface area contributed by atoms with E-state index in [2.05, 4.69) is 24.0 Å². The van der Waals surface area contributed by atoms with Crippen molar-refractivity contribution in [2.75, 3.05) is 19.7 Å². The number of pyridine rings is 1. The molecule has 1 fully saturated rings. The lowest BCUT2D eigenvalue weighted by atomic mass is 9.84. The summed E-state index contributed by atoms with van der Waals surface area (Å²) in [6, 6.07) is 18.1. The van der Waals surface area contributed by atoms with Crippen LogP contribution < -0.4 is 4.74 Å². The van der Waals surface area contributed by atoms with Crippen LogP contribution in [-0.2, 0) is 12.0 Å². The van der Waals surface area contributed by atoms with Crippen LogP contribution in [0.2, 0.25) is 0 Å². The molecule has 4 rings (SSSR count). The fourth-order valence-corrected chi connectivity index (χ4v) is 4.09. The van der Waals surface area contributed by atoms with Gasteiger partial charge in [-0.1, -0.05) is 37.3 Å². The van der Waals surface area contributed by atoms with Crippen LogP contribution in [-0.4, -0.2) is 46.0 Å². The number of aryl methyl sites for hydroxylation is 1. The van der Waals surface area contributed by atoms with Crippen molar-refractivity contribution < 1.29 is 14.9 Å². The molecular weight excluding hydrogens is 376 g/mol. The zero-order chi connectivity index (χ0) is 21.0. The molecule has 2 heterocycles. The number of likely N-dealkylation sites (tertiary alicyclic amines) is 1. The van der Waals surface area contributed by atoms with Crippen molar-refractivity contribution in [3.8, 4) is 5.75 Å². The maximum absolute atomic E-state index is 11.2. The molecular formula is C25H30N2O3. The maximum atomic E-state index is 11.2. The SMILES string of the molecule is CCc1ccc(OCC[C@H](O)N2CCC(O)(c3cnc4ccccc4c3)CC2)cc1. The molecule has 158 valence electrons. The molecule has 3 aromatic rings. The highest BCUT2D eigenvalue weighted by atomic mass is 16.5. The van der Waals surface area contributed by atoms with Gasteiger partial charge in [0.2, 0.25) is 0 Å². The van der Waals surface area contributed by atoms with E-state index in [-0.39, 0.29) is 0 Å². The number of fused-ring (bicyclic) bond motifs is 1. The molecule has 1 aromatic heterocycles. The summed E-state index contributed by atoms with van der Waals surface area (Å²) in [5, 5.41) is 22.8. The van der Waals surface area contributed by atoms with E-state index in [1.54, 1.807) is 6.20 Å². The highest BCUT2D eigenvalue weighted by Crippen LogP contribution is 2.34. The van der Waals surface area contributed by atoms with Crippen molar-refractivity contribution in [2.45, 2.75) is 44.4 Å². The van der Waals surface area contributed by atoms with Gasteiger partial charge in [-0.3, -0.25) is 9.88 Å². The van der Waals surface area contributed by atoms with Crippen molar-refractivity contribution in [3.63, 3.8) is 0 Å². The van der Waals surface area contributed by atoms with Crippen molar-refractivity contribution in [2.24, 2.45) is 0 Å². The predicted molar refractivity (Wildman–Crippen MR) is 118 cm³/mol. The summed E-state index contributed by atoms with van der Waals surface area (Å²) in [5.41, 5.74) is 2.17. The molecule has 5 heteroatoms. The molecule has 0 radical (unpaired) electrons. The number of benzene rings is 2. The Hall–Kier alpha value is -2.47. The van der Waals surface area contributed by atoms with Crippen molar-refractivity contribution in [1.82, 2.24) is 9.88 Å². The monoisotopic (exact) mass is 406 g/mol. The van der Waals surface area contributed by atoms with E-state index < -0.39 is 11.8 Å². The second-order valence-corrected chi connectivity index (χ2v) is 8.10. The van der Waals surface area contributed by atoms with E-state index >= 15 is 0 Å². The number of ether oxygens (including phenoxy) is 1. The van der Waals surface area contributed by atoms with Crippen molar-refractivity contribution in [3.05, 3.63) is 71.9 Å². The van der Waals surface area contributed by atoms with Crippen molar-refractivity contribution >= 4 is 10.9 Å². The number of piperidine rings is 1. The second kappa shape index (κ2) is 9.13. The van der Waals surface area contributed by atoms with E-state index in [0.717, 1.165) is 28.6 Å². The highest BCUT2D eigenvalue weighted by Gasteiger charge is 2.36. The number of hydrogen-bond donors (Lipinski definition) is 2. The Bertz CT molecular complexity index is 966. The summed E-state index contributed by atoms with van der Waals surface area (Å²) in [6.07, 6.45) is 3.90. The Kier molecular flexibility index (Phi) is 6.32. The second-order valence-electron chi connectivity index (χ2n) is 8.10. The minimum absolute atomic E-state index is 0.460. The van der Waals surface area contributed by atoms with Gasteiger partial charge in [-0.25, -0.2) is 0 Å². The zero-order valence-electron chi connectivity index (χ0n) is 17.5. The largest absolute Gasteiger partial charge is 0.493 e. The summed E-state index contributed by atoms with van der Waals surface area (Å²) in [5.74, 6) is 0.830. The average Bonchev–Trinajstić information content (AvgIpc) is 2.79. The van der Waals surface area contributed by atoms with Crippen molar-refractivity contribution in [1.29, 1.82) is 0 Å². The van der Waals surface area contributed by atoms with Crippen LogP contribution in [0.15, 0.2) is 60.8 Å². The van der Waals surface area contributed by atoms with Gasteiger partial charge in [0, 0.05) is 36.7 Å². The Balaban J connectivity index is 1.29. The quantitative estimate of drug-likeness (QED) is 0.624. The first kappa shape index (κ1) is 20.8. The van der Waals surface area contributed by atoms with E-state index in [4.69, 9.17) is 4.74 Å². The lowest BCUT2D eigenvalue weighted by molar-refractivity contribution is -0.0819. The first-order chi connectivity index (χ1) is 14.6. The summed E-state index contributed by atoms with van der Waals surface area (Å²) in [7, 11) is 0. The smallest absolute Gasteiger partial charge is 0.119 e. The van der Waals surface area contributed by atoms with Crippen LogP contribution in [0.5, 0.6) is 5.75 Å². The summed E-state index contributed by atoms with van der Waals surface area (Å²) in [4.78, 5) is 6.52. The predicted octanol–water partition coefficient (Wildman–Crippen LogP) is 3.87. The first-order valence-corrected chi connectivity index (χ1v) is 10.8. The van der Waals surface area contributed by atoms with Gasteiger partial charge in [0.15, 0.2) is 0 Å². The van der Waals surface area contributed by atoms with E-state index in [0.29, 0.717) is 39.0 Å². The van der Waals surface area contributed by atoms with Gasteiger partial charge in [0.1, 0.15) is 12.0 Å². The standard InChI is InChI=1S/C25H30N2O3/c1-2-19-7-9-22(10-8-19)30-16-11-24(28)27-14-12-25(29,13-15-27)21-17-20-5-3-4-6-23(20)26-18-21/h3-10,17-18,24,28-29H,2,11-16H2,1H3/t24-/m0/s1. The third-order valence-electron chi connectivity index (χ3n) is 6.15. The Labute approximate surface area is 177 Å². The van der Waals surface area contributed by atoms with Crippen LogP contribution in [0.4, 0.5) is 0 Å². The maximum Gasteiger partial charge on any atom is 0.119 e. The van der Waals surface area contributed by atoms with E-state index in [9.17, 15) is 10.2 Å². The fraction of sp³-hybridized carbons (Fsp3) is 0.400. The Morgan fingerprint density at radius 1 is 1.10 bits per heavy atom. The van der Waals surface area contributed by atoms with Gasteiger partial charge >= 0.3 is 0 Å². The van der Waals surface area contributed by atoms with Gasteiger partial charge in [-0.15, -0.1) is 0 Å². The molecule has 0 amide bonds. The number of para-hydroxylation sites is 1. The molecule has 0 bridgehead atoms. The summed E-state index contributed by atoms with van der Waals surface area (Å²) in [6.45, 7) is 3.86. The highest BCUT2D eigenvalue weighted by molar-refractivity contribution is 5.78. The molecule has 1 saturated heterocycles. The van der Waals surface area contributed by atoms with Gasteiger partial charge in [-0.2, -0.15) is 0 Å². The number of hydrogen-bond acceptors (Lipinski definition) is 5. The fourth-order valence-electron chi connectivity index (χ4n) is 4.09. The lowest BCUT2D eigenvalue weighted by Gasteiger charge is -2.40. The number of rotatable bonds is 7. The number of aliphatic hydroxyl groups is 2. The summed E-state index contributed by atoms with van der Waals surface area (Å²) >= 11 is 0. The Morgan fingerprint density at radius 3 is 2.57 bits per heavy atom. The molecule has 2 aromatic carbocycles. The van der Waals surface area contributed by atoms with Crippen LogP contribution >= 0.6 is 0 Å². The topological polar surface area (TPSA) is 65.8 Å². The molecule has 0 saturated carbocycles. The molecule has 30 heavy (non-hydrogen) atoms.